The third-order valence-corrected chi connectivity index (χ3v) is 3.06. The lowest BCUT2D eigenvalue weighted by molar-refractivity contribution is -0.139. The van der Waals surface area contributed by atoms with E-state index in [1.807, 2.05) is 19.1 Å². The van der Waals surface area contributed by atoms with Gasteiger partial charge in [-0.25, -0.2) is 0 Å². The van der Waals surface area contributed by atoms with Crippen LogP contribution in [0.2, 0.25) is 0 Å². The van der Waals surface area contributed by atoms with Gasteiger partial charge in [0, 0.05) is 0 Å². The van der Waals surface area contributed by atoms with E-state index in [1.165, 1.54) is 0 Å². The molecule has 6 nitrogen and oxygen atoms in total. The molecule has 0 atom stereocenters. The lowest BCUT2D eigenvalue weighted by Crippen LogP contribution is -2.64. The highest BCUT2D eigenvalue weighted by atomic mass is 16.5. The summed E-state index contributed by atoms with van der Waals surface area (Å²) >= 11 is 0. The molecule has 1 aromatic rings. The van der Waals surface area contributed by atoms with Gasteiger partial charge in [0.2, 0.25) is 5.91 Å². The average molecular weight is 278 g/mol. The van der Waals surface area contributed by atoms with Crippen LogP contribution >= 0.6 is 0 Å². The summed E-state index contributed by atoms with van der Waals surface area (Å²) in [7, 11) is 0. The number of amides is 2. The fourth-order valence-corrected chi connectivity index (χ4v) is 2.02. The van der Waals surface area contributed by atoms with Crippen LogP contribution in [0.15, 0.2) is 24.3 Å². The maximum absolute atomic E-state index is 11.8. The van der Waals surface area contributed by atoms with Gasteiger partial charge >= 0.3 is 0 Å². The van der Waals surface area contributed by atoms with Gasteiger partial charge in [-0.05, 0) is 19.1 Å². The predicted molar refractivity (Wildman–Crippen MR) is 72.2 cm³/mol. The Kier molecular flexibility index (Phi) is 4.24. The quantitative estimate of drug-likeness (QED) is 0.774. The van der Waals surface area contributed by atoms with Crippen molar-refractivity contribution in [2.24, 2.45) is 5.73 Å². The molecule has 3 N–H and O–H groups in total. The largest absolute Gasteiger partial charge is 0.484 e. The van der Waals surface area contributed by atoms with Crippen LogP contribution in [-0.4, -0.2) is 37.2 Å². The van der Waals surface area contributed by atoms with Crippen molar-refractivity contribution in [3.05, 3.63) is 29.8 Å². The maximum atomic E-state index is 11.8. The van der Waals surface area contributed by atoms with E-state index in [1.54, 1.807) is 12.1 Å². The van der Waals surface area contributed by atoms with Crippen molar-refractivity contribution in [3.8, 4) is 5.75 Å². The second-order valence-electron chi connectivity index (χ2n) is 5.07. The summed E-state index contributed by atoms with van der Waals surface area (Å²) in [5, 5.41) is 2.75. The molecule has 20 heavy (non-hydrogen) atoms. The molecule has 1 aliphatic rings. The third kappa shape index (κ3) is 3.71. The average Bonchev–Trinajstić information content (AvgIpc) is 2.35. The first-order valence-corrected chi connectivity index (χ1v) is 6.36. The van der Waals surface area contributed by atoms with Gasteiger partial charge in [0.15, 0.2) is 6.61 Å². The van der Waals surface area contributed by atoms with Gasteiger partial charge in [-0.1, -0.05) is 17.7 Å². The SMILES string of the molecule is Cc1ccc(OCC(=O)NC2(CC(N)=O)COC2)cc1. The van der Waals surface area contributed by atoms with E-state index in [9.17, 15) is 9.59 Å². The number of hydrogen-bond acceptors (Lipinski definition) is 4. The molecular formula is C14H18N2O4. The van der Waals surface area contributed by atoms with Crippen molar-refractivity contribution in [1.82, 2.24) is 5.32 Å². The number of carbonyl (C=O) groups is 2. The summed E-state index contributed by atoms with van der Waals surface area (Å²) in [4.78, 5) is 22.8. The second kappa shape index (κ2) is 5.92. The molecule has 2 rings (SSSR count). The van der Waals surface area contributed by atoms with E-state index >= 15 is 0 Å². The Morgan fingerprint density at radius 2 is 2.00 bits per heavy atom. The van der Waals surface area contributed by atoms with Crippen LogP contribution in [0.5, 0.6) is 5.75 Å². The first-order chi connectivity index (χ1) is 9.49. The minimum absolute atomic E-state index is 0.0727. The van der Waals surface area contributed by atoms with Crippen LogP contribution < -0.4 is 15.8 Å². The molecule has 108 valence electrons. The van der Waals surface area contributed by atoms with Gasteiger partial charge in [0.25, 0.3) is 5.91 Å². The fraction of sp³-hybridized carbons (Fsp3) is 0.429. The van der Waals surface area contributed by atoms with Crippen LogP contribution in [-0.2, 0) is 14.3 Å². The predicted octanol–water partition coefficient (Wildman–Crippen LogP) is 0.134. The van der Waals surface area contributed by atoms with E-state index in [-0.39, 0.29) is 18.9 Å². The normalized spacial score (nSPS) is 16.1. The highest BCUT2D eigenvalue weighted by Gasteiger charge is 2.41. The van der Waals surface area contributed by atoms with Crippen molar-refractivity contribution in [3.63, 3.8) is 0 Å². The fourth-order valence-electron chi connectivity index (χ4n) is 2.02. The van der Waals surface area contributed by atoms with Crippen LogP contribution in [0.25, 0.3) is 0 Å². The number of carbonyl (C=O) groups excluding carboxylic acids is 2. The topological polar surface area (TPSA) is 90.6 Å². The highest BCUT2D eigenvalue weighted by molar-refractivity contribution is 5.81. The molecule has 1 aliphatic heterocycles. The zero-order chi connectivity index (χ0) is 14.6. The molecule has 0 aliphatic carbocycles. The van der Waals surface area contributed by atoms with Gasteiger partial charge in [0.1, 0.15) is 5.75 Å². The molecule has 6 heteroatoms. The van der Waals surface area contributed by atoms with Crippen molar-refractivity contribution in [2.45, 2.75) is 18.9 Å². The van der Waals surface area contributed by atoms with E-state index < -0.39 is 11.4 Å². The van der Waals surface area contributed by atoms with E-state index in [2.05, 4.69) is 5.32 Å². The molecule has 1 heterocycles. The lowest BCUT2D eigenvalue weighted by Gasteiger charge is -2.41. The van der Waals surface area contributed by atoms with Crippen molar-refractivity contribution >= 4 is 11.8 Å². The number of hydrogen-bond donors (Lipinski definition) is 2. The molecule has 1 saturated heterocycles. The first-order valence-electron chi connectivity index (χ1n) is 6.36. The summed E-state index contributed by atoms with van der Waals surface area (Å²) in [5.74, 6) is -0.136. The van der Waals surface area contributed by atoms with E-state index in [4.69, 9.17) is 15.2 Å². The third-order valence-electron chi connectivity index (χ3n) is 3.06. The van der Waals surface area contributed by atoms with Crippen LogP contribution in [0.1, 0.15) is 12.0 Å². The summed E-state index contributed by atoms with van der Waals surface area (Å²) in [6.45, 7) is 2.46. The summed E-state index contributed by atoms with van der Waals surface area (Å²) < 4.78 is 10.4. The number of nitrogens with one attached hydrogen (secondary N) is 1. The first kappa shape index (κ1) is 14.3. The number of benzene rings is 1. The zero-order valence-corrected chi connectivity index (χ0v) is 11.3. The van der Waals surface area contributed by atoms with Gasteiger partial charge in [-0.2, -0.15) is 0 Å². The number of aryl methyl sites for hydroxylation is 1. The number of nitrogens with two attached hydrogens (primary N) is 1. The standard InChI is InChI=1S/C14H18N2O4/c1-10-2-4-11(5-3-10)20-7-13(18)16-14(6-12(15)17)8-19-9-14/h2-5H,6-9H2,1H3,(H2,15,17)(H,16,18). The second-order valence-corrected chi connectivity index (χ2v) is 5.07. The van der Waals surface area contributed by atoms with Gasteiger partial charge < -0.3 is 20.5 Å². The highest BCUT2D eigenvalue weighted by Crippen LogP contribution is 2.20. The molecule has 0 aromatic heterocycles. The maximum Gasteiger partial charge on any atom is 0.258 e. The molecule has 0 bridgehead atoms. The molecular weight excluding hydrogens is 260 g/mol. The Labute approximate surface area is 117 Å². The monoisotopic (exact) mass is 278 g/mol. The van der Waals surface area contributed by atoms with Gasteiger partial charge in [-0.15, -0.1) is 0 Å². The Bertz CT molecular complexity index is 494. The van der Waals surface area contributed by atoms with Crippen molar-refractivity contribution < 1.29 is 19.1 Å². The van der Waals surface area contributed by atoms with Crippen LogP contribution in [0, 0.1) is 6.92 Å². The summed E-state index contributed by atoms with van der Waals surface area (Å²) in [6.07, 6.45) is 0.0727. The minimum Gasteiger partial charge on any atom is -0.484 e. The molecule has 0 unspecified atom stereocenters. The molecule has 1 aromatic carbocycles. The summed E-state index contributed by atoms with van der Waals surface area (Å²) in [5.41, 5.74) is 5.62. The van der Waals surface area contributed by atoms with E-state index in [0.717, 1.165) is 5.56 Å². The molecule has 0 spiro atoms. The lowest BCUT2D eigenvalue weighted by atomic mass is 9.92. The number of primary amides is 1. The molecule has 1 fully saturated rings. The summed E-state index contributed by atoms with van der Waals surface area (Å²) in [6, 6.07) is 7.41. The zero-order valence-electron chi connectivity index (χ0n) is 11.3. The van der Waals surface area contributed by atoms with Crippen molar-refractivity contribution in [1.29, 1.82) is 0 Å². The van der Waals surface area contributed by atoms with Crippen molar-refractivity contribution in [2.75, 3.05) is 19.8 Å². The Morgan fingerprint density at radius 3 is 2.50 bits per heavy atom. The van der Waals surface area contributed by atoms with Crippen LogP contribution in [0.4, 0.5) is 0 Å². The number of ether oxygens (including phenoxy) is 2. The minimum atomic E-state index is -0.667. The molecule has 0 saturated carbocycles. The van der Waals surface area contributed by atoms with Gasteiger partial charge in [-0.3, -0.25) is 9.59 Å². The number of rotatable bonds is 6. The molecule has 0 radical (unpaired) electrons. The van der Waals surface area contributed by atoms with Crippen LogP contribution in [0.3, 0.4) is 0 Å². The van der Waals surface area contributed by atoms with E-state index in [0.29, 0.717) is 19.0 Å². The van der Waals surface area contributed by atoms with Gasteiger partial charge in [0.05, 0.1) is 25.2 Å². The Hall–Kier alpha value is -2.08. The Morgan fingerprint density at radius 1 is 1.35 bits per heavy atom. The molecule has 2 amide bonds. The Balaban J connectivity index is 1.83. The smallest absolute Gasteiger partial charge is 0.258 e.